The molecule has 1 aromatic rings. The van der Waals surface area contributed by atoms with Crippen LogP contribution in [0.3, 0.4) is 0 Å². The van der Waals surface area contributed by atoms with Crippen LogP contribution in [-0.2, 0) is 10.0 Å². The maximum absolute atomic E-state index is 13.3. The Bertz CT molecular complexity index is 626. The Balaban J connectivity index is 2.22. The standard InChI is InChI=1S/C13H18FN3O3S/c14-10-5-6-12(21(15,19)20)11(9-10)16-13(18)17-7-3-1-2-4-8-17/h5-6,9H,1-4,7-8H2,(H,16,18)(H2,15,19,20). The molecule has 1 aliphatic heterocycles. The van der Waals surface area contributed by atoms with Gasteiger partial charge in [-0.05, 0) is 31.0 Å². The van der Waals surface area contributed by atoms with E-state index in [0.29, 0.717) is 13.1 Å². The highest BCUT2D eigenvalue weighted by molar-refractivity contribution is 7.89. The summed E-state index contributed by atoms with van der Waals surface area (Å²) in [5.41, 5.74) is -0.133. The minimum Gasteiger partial charge on any atom is -0.325 e. The molecule has 8 heteroatoms. The van der Waals surface area contributed by atoms with Gasteiger partial charge in [-0.2, -0.15) is 0 Å². The number of amides is 2. The zero-order chi connectivity index (χ0) is 15.5. The zero-order valence-electron chi connectivity index (χ0n) is 11.5. The van der Waals surface area contributed by atoms with E-state index in [1.165, 1.54) is 0 Å². The van der Waals surface area contributed by atoms with Crippen LogP contribution in [-0.4, -0.2) is 32.4 Å². The van der Waals surface area contributed by atoms with Crippen LogP contribution in [0.25, 0.3) is 0 Å². The summed E-state index contributed by atoms with van der Waals surface area (Å²) in [6, 6.07) is 2.55. The molecule has 1 fully saturated rings. The lowest BCUT2D eigenvalue weighted by Crippen LogP contribution is -2.36. The van der Waals surface area contributed by atoms with Gasteiger partial charge < -0.3 is 10.2 Å². The number of nitrogens with one attached hydrogen (secondary N) is 1. The third kappa shape index (κ3) is 4.15. The number of nitrogens with zero attached hydrogens (tertiary/aromatic N) is 1. The van der Waals surface area contributed by atoms with Crippen LogP contribution in [0.4, 0.5) is 14.9 Å². The number of rotatable bonds is 2. The number of carbonyl (C=O) groups is 1. The summed E-state index contributed by atoms with van der Waals surface area (Å²) in [7, 11) is -4.03. The molecule has 0 bridgehead atoms. The first kappa shape index (κ1) is 15.7. The second-order valence-corrected chi connectivity index (χ2v) is 6.55. The summed E-state index contributed by atoms with van der Waals surface area (Å²) >= 11 is 0. The molecule has 0 spiro atoms. The van der Waals surface area contributed by atoms with Crippen molar-refractivity contribution in [1.82, 2.24) is 4.90 Å². The molecule has 0 atom stereocenters. The minimum absolute atomic E-state index is 0.133. The summed E-state index contributed by atoms with van der Waals surface area (Å²) in [5, 5.41) is 7.51. The molecule has 1 saturated heterocycles. The molecule has 0 radical (unpaired) electrons. The number of primary sulfonamides is 1. The second-order valence-electron chi connectivity index (χ2n) is 5.02. The van der Waals surface area contributed by atoms with Gasteiger partial charge in [0, 0.05) is 13.1 Å². The molecular weight excluding hydrogens is 297 g/mol. The number of nitrogens with two attached hydrogens (primary N) is 1. The van der Waals surface area contributed by atoms with E-state index < -0.39 is 21.9 Å². The van der Waals surface area contributed by atoms with Gasteiger partial charge in [0.05, 0.1) is 5.69 Å². The molecule has 1 aromatic carbocycles. The lowest BCUT2D eigenvalue weighted by molar-refractivity contribution is 0.213. The van der Waals surface area contributed by atoms with E-state index in [4.69, 9.17) is 5.14 Å². The van der Waals surface area contributed by atoms with E-state index in [0.717, 1.165) is 43.9 Å². The highest BCUT2D eigenvalue weighted by atomic mass is 32.2. The van der Waals surface area contributed by atoms with Crippen molar-refractivity contribution in [3.05, 3.63) is 24.0 Å². The quantitative estimate of drug-likeness (QED) is 0.872. The van der Waals surface area contributed by atoms with E-state index in [1.807, 2.05) is 0 Å². The van der Waals surface area contributed by atoms with Crippen molar-refractivity contribution in [2.45, 2.75) is 30.6 Å². The van der Waals surface area contributed by atoms with Gasteiger partial charge in [0.15, 0.2) is 0 Å². The molecule has 1 aliphatic rings. The van der Waals surface area contributed by atoms with Crippen LogP contribution in [0, 0.1) is 5.82 Å². The van der Waals surface area contributed by atoms with Crippen LogP contribution in [0.2, 0.25) is 0 Å². The van der Waals surface area contributed by atoms with E-state index in [9.17, 15) is 17.6 Å². The number of urea groups is 1. The Hall–Kier alpha value is -1.67. The largest absolute Gasteiger partial charge is 0.325 e. The predicted molar refractivity (Wildman–Crippen MR) is 76.8 cm³/mol. The van der Waals surface area contributed by atoms with Crippen molar-refractivity contribution < 1.29 is 17.6 Å². The topological polar surface area (TPSA) is 92.5 Å². The summed E-state index contributed by atoms with van der Waals surface area (Å²) in [4.78, 5) is 13.5. The molecule has 116 valence electrons. The van der Waals surface area contributed by atoms with Crippen molar-refractivity contribution in [3.63, 3.8) is 0 Å². The average Bonchev–Trinajstić information content (AvgIpc) is 2.66. The average molecular weight is 315 g/mol. The molecule has 0 saturated carbocycles. The second kappa shape index (κ2) is 6.40. The highest BCUT2D eigenvalue weighted by Crippen LogP contribution is 2.22. The number of likely N-dealkylation sites (tertiary alicyclic amines) is 1. The minimum atomic E-state index is -4.03. The first-order valence-electron chi connectivity index (χ1n) is 6.76. The Morgan fingerprint density at radius 1 is 1.19 bits per heavy atom. The van der Waals surface area contributed by atoms with Crippen molar-refractivity contribution in [2.75, 3.05) is 18.4 Å². The summed E-state index contributed by atoms with van der Waals surface area (Å²) in [6.07, 6.45) is 3.93. The molecule has 0 aromatic heterocycles. The third-order valence-corrected chi connectivity index (χ3v) is 4.35. The normalized spacial score (nSPS) is 16.4. The Morgan fingerprint density at radius 2 is 1.81 bits per heavy atom. The van der Waals surface area contributed by atoms with Crippen molar-refractivity contribution in [3.8, 4) is 0 Å². The molecule has 3 N–H and O–H groups in total. The van der Waals surface area contributed by atoms with Gasteiger partial charge in [-0.25, -0.2) is 22.7 Å². The van der Waals surface area contributed by atoms with Crippen LogP contribution >= 0.6 is 0 Å². The molecule has 2 amide bonds. The van der Waals surface area contributed by atoms with E-state index in [1.54, 1.807) is 4.90 Å². The molecule has 1 heterocycles. The fourth-order valence-corrected chi connectivity index (χ4v) is 2.99. The first-order valence-corrected chi connectivity index (χ1v) is 8.31. The van der Waals surface area contributed by atoms with Crippen molar-refractivity contribution in [2.24, 2.45) is 5.14 Å². The van der Waals surface area contributed by atoms with Gasteiger partial charge >= 0.3 is 6.03 Å². The lowest BCUT2D eigenvalue weighted by atomic mass is 10.2. The predicted octanol–water partition coefficient (Wildman–Crippen LogP) is 1.88. The fraction of sp³-hybridized carbons (Fsp3) is 0.462. The molecule has 0 aliphatic carbocycles. The van der Waals surface area contributed by atoms with E-state index >= 15 is 0 Å². The molecular formula is C13H18FN3O3S. The van der Waals surface area contributed by atoms with Crippen LogP contribution in [0.5, 0.6) is 0 Å². The molecule has 2 rings (SSSR count). The number of anilines is 1. The third-order valence-electron chi connectivity index (χ3n) is 3.38. The summed E-state index contributed by atoms with van der Waals surface area (Å²) in [6.45, 7) is 1.21. The first-order chi connectivity index (χ1) is 9.88. The van der Waals surface area contributed by atoms with Crippen LogP contribution in [0.1, 0.15) is 25.7 Å². The van der Waals surface area contributed by atoms with Crippen molar-refractivity contribution >= 4 is 21.7 Å². The summed E-state index contributed by atoms with van der Waals surface area (Å²) in [5.74, 6) is -0.645. The SMILES string of the molecule is NS(=O)(=O)c1ccc(F)cc1NC(=O)N1CCCCCC1. The lowest BCUT2D eigenvalue weighted by Gasteiger charge is -2.21. The number of hydrogen-bond acceptors (Lipinski definition) is 3. The smallest absolute Gasteiger partial charge is 0.321 e. The fourth-order valence-electron chi connectivity index (χ4n) is 2.32. The number of sulfonamides is 1. The number of hydrogen-bond donors (Lipinski definition) is 2. The van der Waals surface area contributed by atoms with E-state index in [2.05, 4.69) is 5.32 Å². The van der Waals surface area contributed by atoms with Gasteiger partial charge in [0.25, 0.3) is 0 Å². The Kier molecular flexibility index (Phi) is 4.79. The van der Waals surface area contributed by atoms with Crippen molar-refractivity contribution in [1.29, 1.82) is 0 Å². The maximum Gasteiger partial charge on any atom is 0.321 e. The monoisotopic (exact) mass is 315 g/mol. The summed E-state index contributed by atoms with van der Waals surface area (Å²) < 4.78 is 36.2. The number of carbonyl (C=O) groups excluding carboxylic acids is 1. The Morgan fingerprint density at radius 3 is 2.38 bits per heavy atom. The van der Waals surface area contributed by atoms with Gasteiger partial charge in [-0.15, -0.1) is 0 Å². The molecule has 21 heavy (non-hydrogen) atoms. The van der Waals surface area contributed by atoms with Gasteiger partial charge in [-0.3, -0.25) is 0 Å². The van der Waals surface area contributed by atoms with Gasteiger partial charge in [0.2, 0.25) is 10.0 Å². The Labute approximate surface area is 123 Å². The van der Waals surface area contributed by atoms with Gasteiger partial charge in [0.1, 0.15) is 10.7 Å². The zero-order valence-corrected chi connectivity index (χ0v) is 12.3. The number of benzene rings is 1. The molecule has 0 unspecified atom stereocenters. The van der Waals surface area contributed by atoms with Crippen LogP contribution in [0.15, 0.2) is 23.1 Å². The van der Waals surface area contributed by atoms with Crippen LogP contribution < -0.4 is 10.5 Å². The van der Waals surface area contributed by atoms with Gasteiger partial charge in [-0.1, -0.05) is 12.8 Å². The molecule has 6 nitrogen and oxygen atoms in total. The maximum atomic E-state index is 13.3. The highest BCUT2D eigenvalue weighted by Gasteiger charge is 2.20. The number of halogens is 1. The van der Waals surface area contributed by atoms with E-state index in [-0.39, 0.29) is 10.6 Å².